The molecule has 2 aliphatic rings. The molecule has 0 saturated carbocycles. The Balaban J connectivity index is 1.32. The third-order valence-corrected chi connectivity index (χ3v) is 5.70. The number of nitrogens with zero attached hydrogens (tertiary/aromatic N) is 1. The molecule has 1 fully saturated rings. The van der Waals surface area contributed by atoms with Crippen molar-refractivity contribution in [3.63, 3.8) is 0 Å². The number of nitrogens with one attached hydrogen (secondary N) is 2. The molecule has 0 spiro atoms. The summed E-state index contributed by atoms with van der Waals surface area (Å²) in [5.41, 5.74) is 4.55. The Labute approximate surface area is 155 Å². The zero-order valence-electron chi connectivity index (χ0n) is 15.4. The Hall–Kier alpha value is -2.33. The molecule has 4 nitrogen and oxygen atoms in total. The highest BCUT2D eigenvalue weighted by molar-refractivity contribution is 5.95. The lowest BCUT2D eigenvalue weighted by Gasteiger charge is -2.22. The van der Waals surface area contributed by atoms with Crippen molar-refractivity contribution in [2.24, 2.45) is 5.92 Å². The molecular formula is C22H27N3O. The monoisotopic (exact) mass is 349 g/mol. The van der Waals surface area contributed by atoms with Crippen LogP contribution in [-0.2, 0) is 13.0 Å². The lowest BCUT2D eigenvalue weighted by atomic mass is 10.00. The van der Waals surface area contributed by atoms with Gasteiger partial charge < -0.3 is 10.6 Å². The van der Waals surface area contributed by atoms with Gasteiger partial charge in [-0.2, -0.15) is 0 Å². The van der Waals surface area contributed by atoms with Crippen LogP contribution < -0.4 is 10.6 Å². The SMILES string of the molecule is CC(NC(=O)c1ccc2c(c1)CCN2)C1CCN(Cc2ccccc2)C1. The van der Waals surface area contributed by atoms with Gasteiger partial charge in [0.15, 0.2) is 0 Å². The van der Waals surface area contributed by atoms with E-state index in [4.69, 9.17) is 0 Å². The van der Waals surface area contributed by atoms with Crippen molar-refractivity contribution < 1.29 is 4.79 Å². The zero-order chi connectivity index (χ0) is 17.9. The summed E-state index contributed by atoms with van der Waals surface area (Å²) >= 11 is 0. The summed E-state index contributed by atoms with van der Waals surface area (Å²) in [6.45, 7) is 6.25. The third kappa shape index (κ3) is 3.75. The lowest BCUT2D eigenvalue weighted by Crippen LogP contribution is -2.39. The number of benzene rings is 2. The van der Waals surface area contributed by atoms with Gasteiger partial charge in [0.1, 0.15) is 0 Å². The molecular weight excluding hydrogens is 322 g/mol. The molecule has 2 aliphatic heterocycles. The van der Waals surface area contributed by atoms with Gasteiger partial charge >= 0.3 is 0 Å². The molecule has 2 aromatic carbocycles. The molecule has 4 rings (SSSR count). The van der Waals surface area contributed by atoms with Crippen LogP contribution in [-0.4, -0.2) is 36.5 Å². The van der Waals surface area contributed by atoms with E-state index in [2.05, 4.69) is 52.8 Å². The van der Waals surface area contributed by atoms with Crippen LogP contribution in [0.25, 0.3) is 0 Å². The van der Waals surface area contributed by atoms with Crippen molar-refractivity contribution in [1.82, 2.24) is 10.2 Å². The summed E-state index contributed by atoms with van der Waals surface area (Å²) < 4.78 is 0. The second-order valence-electron chi connectivity index (χ2n) is 7.58. The molecule has 26 heavy (non-hydrogen) atoms. The Morgan fingerprint density at radius 2 is 2.12 bits per heavy atom. The van der Waals surface area contributed by atoms with Gasteiger partial charge in [0.25, 0.3) is 5.91 Å². The molecule has 2 heterocycles. The minimum Gasteiger partial charge on any atom is -0.384 e. The molecule has 0 aliphatic carbocycles. The quantitative estimate of drug-likeness (QED) is 0.871. The van der Waals surface area contributed by atoms with E-state index in [1.807, 2.05) is 18.2 Å². The van der Waals surface area contributed by atoms with Crippen molar-refractivity contribution >= 4 is 11.6 Å². The zero-order valence-corrected chi connectivity index (χ0v) is 15.4. The smallest absolute Gasteiger partial charge is 0.251 e. The fraction of sp³-hybridized carbons (Fsp3) is 0.409. The standard InChI is InChI=1S/C22H27N3O/c1-16(20-10-12-25(15-20)14-17-5-3-2-4-6-17)24-22(26)19-7-8-21-18(13-19)9-11-23-21/h2-8,13,16,20,23H,9-12,14-15H2,1H3,(H,24,26). The maximum atomic E-state index is 12.6. The predicted molar refractivity (Wildman–Crippen MR) is 105 cm³/mol. The summed E-state index contributed by atoms with van der Waals surface area (Å²) in [5, 5.41) is 6.57. The largest absolute Gasteiger partial charge is 0.384 e. The molecule has 0 radical (unpaired) electrons. The van der Waals surface area contributed by atoms with E-state index in [1.165, 1.54) is 16.8 Å². The Morgan fingerprint density at radius 3 is 2.96 bits per heavy atom. The van der Waals surface area contributed by atoms with Gasteiger partial charge in [-0.15, -0.1) is 0 Å². The van der Waals surface area contributed by atoms with E-state index in [-0.39, 0.29) is 11.9 Å². The van der Waals surface area contributed by atoms with Gasteiger partial charge in [-0.3, -0.25) is 9.69 Å². The number of fused-ring (bicyclic) bond motifs is 1. The van der Waals surface area contributed by atoms with Gasteiger partial charge in [-0.05, 0) is 61.6 Å². The first-order chi connectivity index (χ1) is 12.7. The average molecular weight is 349 g/mol. The van der Waals surface area contributed by atoms with Gasteiger partial charge in [-0.25, -0.2) is 0 Å². The van der Waals surface area contributed by atoms with Crippen molar-refractivity contribution in [3.8, 4) is 0 Å². The summed E-state index contributed by atoms with van der Waals surface area (Å²) in [7, 11) is 0. The fourth-order valence-electron chi connectivity index (χ4n) is 4.11. The minimum atomic E-state index is 0.0497. The molecule has 2 atom stereocenters. The van der Waals surface area contributed by atoms with Crippen LogP contribution in [0.2, 0.25) is 0 Å². The number of carbonyl (C=O) groups excluding carboxylic acids is 1. The highest BCUT2D eigenvalue weighted by Crippen LogP contribution is 2.24. The van der Waals surface area contributed by atoms with E-state index in [1.54, 1.807) is 0 Å². The number of carbonyl (C=O) groups is 1. The number of amides is 1. The van der Waals surface area contributed by atoms with Crippen molar-refractivity contribution in [2.45, 2.75) is 32.4 Å². The fourth-order valence-corrected chi connectivity index (χ4v) is 4.11. The van der Waals surface area contributed by atoms with E-state index >= 15 is 0 Å². The first-order valence-electron chi connectivity index (χ1n) is 9.63. The molecule has 0 aromatic heterocycles. The van der Waals surface area contributed by atoms with Crippen LogP contribution in [0, 0.1) is 5.92 Å². The number of hydrogen-bond acceptors (Lipinski definition) is 3. The number of hydrogen-bond donors (Lipinski definition) is 2. The van der Waals surface area contributed by atoms with Gasteiger partial charge in [0.05, 0.1) is 0 Å². The average Bonchev–Trinajstić information content (AvgIpc) is 3.31. The van der Waals surface area contributed by atoms with Gasteiger partial charge in [-0.1, -0.05) is 30.3 Å². The Bertz CT molecular complexity index is 774. The first kappa shape index (κ1) is 17.1. The topological polar surface area (TPSA) is 44.4 Å². The second kappa shape index (κ2) is 7.50. The first-order valence-corrected chi connectivity index (χ1v) is 9.63. The molecule has 1 saturated heterocycles. The van der Waals surface area contributed by atoms with E-state index in [9.17, 15) is 4.79 Å². The van der Waals surface area contributed by atoms with Crippen LogP contribution >= 0.6 is 0 Å². The van der Waals surface area contributed by atoms with E-state index in [0.29, 0.717) is 5.92 Å². The highest BCUT2D eigenvalue weighted by Gasteiger charge is 2.28. The van der Waals surface area contributed by atoms with E-state index in [0.717, 1.165) is 44.6 Å². The summed E-state index contributed by atoms with van der Waals surface area (Å²) in [4.78, 5) is 15.1. The summed E-state index contributed by atoms with van der Waals surface area (Å²) in [6, 6.07) is 16.8. The molecule has 2 N–H and O–H groups in total. The van der Waals surface area contributed by atoms with Gasteiger partial charge in [0.2, 0.25) is 0 Å². The minimum absolute atomic E-state index is 0.0497. The summed E-state index contributed by atoms with van der Waals surface area (Å²) in [5.74, 6) is 0.562. The molecule has 2 unspecified atom stereocenters. The Kier molecular flexibility index (Phi) is 4.93. The van der Waals surface area contributed by atoms with Crippen LogP contribution in [0.1, 0.15) is 34.8 Å². The number of likely N-dealkylation sites (tertiary alicyclic amines) is 1. The van der Waals surface area contributed by atoms with E-state index < -0.39 is 0 Å². The number of anilines is 1. The van der Waals surface area contributed by atoms with Crippen LogP contribution in [0.4, 0.5) is 5.69 Å². The maximum Gasteiger partial charge on any atom is 0.251 e. The normalized spacial score (nSPS) is 20.4. The third-order valence-electron chi connectivity index (χ3n) is 5.70. The molecule has 136 valence electrons. The number of rotatable bonds is 5. The maximum absolute atomic E-state index is 12.6. The molecule has 1 amide bonds. The molecule has 4 heteroatoms. The highest BCUT2D eigenvalue weighted by atomic mass is 16.1. The van der Waals surface area contributed by atoms with Crippen LogP contribution in [0.3, 0.4) is 0 Å². The van der Waals surface area contributed by atoms with Crippen LogP contribution in [0.15, 0.2) is 48.5 Å². The summed E-state index contributed by atoms with van der Waals surface area (Å²) in [6.07, 6.45) is 2.14. The van der Waals surface area contributed by atoms with Gasteiger partial charge in [0, 0.05) is 36.9 Å². The van der Waals surface area contributed by atoms with Crippen molar-refractivity contribution in [3.05, 3.63) is 65.2 Å². The lowest BCUT2D eigenvalue weighted by molar-refractivity contribution is 0.0927. The van der Waals surface area contributed by atoms with Crippen molar-refractivity contribution in [2.75, 3.05) is 25.0 Å². The molecule has 2 aromatic rings. The Morgan fingerprint density at radius 1 is 1.27 bits per heavy atom. The molecule has 0 bridgehead atoms. The van der Waals surface area contributed by atoms with Crippen molar-refractivity contribution in [1.29, 1.82) is 0 Å². The predicted octanol–water partition coefficient (Wildman–Crippen LogP) is 3.30. The second-order valence-corrected chi connectivity index (χ2v) is 7.58. The van der Waals surface area contributed by atoms with Crippen LogP contribution in [0.5, 0.6) is 0 Å².